The number of aliphatic hydroxyl groups excluding tert-OH is 1. The number of rotatable bonds is 6. The number of sulfone groups is 1. The molecule has 0 bridgehead atoms. The summed E-state index contributed by atoms with van der Waals surface area (Å²) in [5.74, 6) is 0.713. The molecule has 0 spiro atoms. The van der Waals surface area contributed by atoms with Gasteiger partial charge in [0.2, 0.25) is 0 Å². The summed E-state index contributed by atoms with van der Waals surface area (Å²) >= 11 is 0. The van der Waals surface area contributed by atoms with Gasteiger partial charge in [-0.15, -0.1) is 0 Å². The molecule has 1 aromatic carbocycles. The first-order valence-corrected chi connectivity index (χ1v) is 9.48. The zero-order valence-corrected chi connectivity index (χ0v) is 13.6. The Morgan fingerprint density at radius 2 is 1.81 bits per heavy atom. The van der Waals surface area contributed by atoms with Crippen molar-refractivity contribution < 1.29 is 13.5 Å². The maximum Gasteiger partial charge on any atom is 0.175 e. The van der Waals surface area contributed by atoms with Crippen molar-refractivity contribution in [2.45, 2.75) is 49.6 Å². The molecule has 21 heavy (non-hydrogen) atoms. The van der Waals surface area contributed by atoms with Crippen LogP contribution < -0.4 is 5.32 Å². The molecule has 118 valence electrons. The minimum Gasteiger partial charge on any atom is -0.387 e. The molecule has 1 unspecified atom stereocenters. The fourth-order valence-corrected chi connectivity index (χ4v) is 3.61. The molecule has 0 amide bonds. The molecular weight excluding hydrogens is 286 g/mol. The fraction of sp³-hybridized carbons (Fsp3) is 0.625. The lowest BCUT2D eigenvalue weighted by Gasteiger charge is -2.22. The average molecular weight is 311 g/mol. The second kappa shape index (κ2) is 6.90. The predicted molar refractivity (Wildman–Crippen MR) is 83.9 cm³/mol. The molecular formula is C16H25NO3S. The van der Waals surface area contributed by atoms with Crippen LogP contribution in [0.2, 0.25) is 0 Å². The highest BCUT2D eigenvalue weighted by atomic mass is 32.2. The minimum atomic E-state index is -3.18. The van der Waals surface area contributed by atoms with Gasteiger partial charge in [0.05, 0.1) is 11.0 Å². The maximum absolute atomic E-state index is 11.4. The third kappa shape index (κ3) is 4.53. The molecule has 4 nitrogen and oxygen atoms in total. The second-order valence-electron chi connectivity index (χ2n) is 6.10. The van der Waals surface area contributed by atoms with Gasteiger partial charge < -0.3 is 10.4 Å². The topological polar surface area (TPSA) is 66.4 Å². The van der Waals surface area contributed by atoms with Gasteiger partial charge >= 0.3 is 0 Å². The summed E-state index contributed by atoms with van der Waals surface area (Å²) in [5.41, 5.74) is 0.744. The molecule has 5 heteroatoms. The zero-order valence-electron chi connectivity index (χ0n) is 12.7. The molecule has 0 aliphatic heterocycles. The summed E-state index contributed by atoms with van der Waals surface area (Å²) in [7, 11) is -3.18. The van der Waals surface area contributed by atoms with E-state index in [4.69, 9.17) is 0 Å². The van der Waals surface area contributed by atoms with Crippen molar-refractivity contribution >= 4 is 9.84 Å². The summed E-state index contributed by atoms with van der Waals surface area (Å²) < 4.78 is 22.8. The van der Waals surface area contributed by atoms with E-state index in [2.05, 4.69) is 12.2 Å². The standard InChI is InChI=1S/C16H25NO3S/c1-12(13-5-3-4-6-13)17-11-16(18)14-7-9-15(10-8-14)21(2,19)20/h7-10,12-13,16-18H,3-6,11H2,1-2H3/t12-,16?/m0/s1. The van der Waals surface area contributed by atoms with Crippen LogP contribution in [-0.2, 0) is 9.84 Å². The van der Waals surface area contributed by atoms with Crippen molar-refractivity contribution in [2.75, 3.05) is 12.8 Å². The second-order valence-corrected chi connectivity index (χ2v) is 8.11. The molecule has 2 atom stereocenters. The van der Waals surface area contributed by atoms with Gasteiger partial charge in [0.15, 0.2) is 9.84 Å². The lowest BCUT2D eigenvalue weighted by atomic mass is 9.99. The molecule has 1 aliphatic rings. The van der Waals surface area contributed by atoms with Crippen molar-refractivity contribution in [1.29, 1.82) is 0 Å². The van der Waals surface area contributed by atoms with Crippen molar-refractivity contribution in [3.63, 3.8) is 0 Å². The van der Waals surface area contributed by atoms with E-state index in [1.165, 1.54) is 31.9 Å². The first-order valence-electron chi connectivity index (χ1n) is 7.59. The highest BCUT2D eigenvalue weighted by Gasteiger charge is 2.21. The Labute approximate surface area is 127 Å². The number of hydrogen-bond acceptors (Lipinski definition) is 4. The summed E-state index contributed by atoms with van der Waals surface area (Å²) in [6.07, 6.45) is 5.74. The van der Waals surface area contributed by atoms with E-state index in [0.29, 0.717) is 18.5 Å². The van der Waals surface area contributed by atoms with Crippen LogP contribution in [0.25, 0.3) is 0 Å². The van der Waals surface area contributed by atoms with Crippen LogP contribution in [0.1, 0.15) is 44.3 Å². The Morgan fingerprint density at radius 3 is 2.33 bits per heavy atom. The molecule has 2 rings (SSSR count). The average Bonchev–Trinajstić information content (AvgIpc) is 2.98. The first kappa shape index (κ1) is 16.5. The molecule has 1 fully saturated rings. The summed E-state index contributed by atoms with van der Waals surface area (Å²) in [6.45, 7) is 2.67. The van der Waals surface area contributed by atoms with Gasteiger partial charge in [-0.05, 0) is 43.4 Å². The molecule has 0 radical (unpaired) electrons. The van der Waals surface area contributed by atoms with Crippen molar-refractivity contribution in [3.05, 3.63) is 29.8 Å². The van der Waals surface area contributed by atoms with Gasteiger partial charge in [0.1, 0.15) is 0 Å². The Hall–Kier alpha value is -0.910. The Morgan fingerprint density at radius 1 is 1.24 bits per heavy atom. The number of nitrogens with one attached hydrogen (secondary N) is 1. The summed E-state index contributed by atoms with van der Waals surface area (Å²) in [4.78, 5) is 0.283. The van der Waals surface area contributed by atoms with Crippen molar-refractivity contribution in [1.82, 2.24) is 5.32 Å². The minimum absolute atomic E-state index is 0.283. The third-order valence-electron chi connectivity index (χ3n) is 4.43. The number of hydrogen-bond donors (Lipinski definition) is 2. The van der Waals surface area contributed by atoms with Gasteiger partial charge in [-0.25, -0.2) is 8.42 Å². The molecule has 2 N–H and O–H groups in total. The zero-order chi connectivity index (χ0) is 15.5. The largest absolute Gasteiger partial charge is 0.387 e. The van der Waals surface area contributed by atoms with E-state index < -0.39 is 15.9 Å². The lowest BCUT2D eigenvalue weighted by molar-refractivity contribution is 0.165. The van der Waals surface area contributed by atoms with E-state index in [-0.39, 0.29) is 4.90 Å². The Bertz CT molecular complexity index is 547. The van der Waals surface area contributed by atoms with E-state index in [1.54, 1.807) is 24.3 Å². The van der Waals surface area contributed by atoms with Gasteiger partial charge in [-0.1, -0.05) is 25.0 Å². The third-order valence-corrected chi connectivity index (χ3v) is 5.56. The summed E-state index contributed by atoms with van der Waals surface area (Å²) in [6, 6.07) is 6.88. The van der Waals surface area contributed by atoms with Crippen LogP contribution >= 0.6 is 0 Å². The maximum atomic E-state index is 11.4. The molecule has 0 saturated heterocycles. The number of benzene rings is 1. The van der Waals surface area contributed by atoms with Crippen LogP contribution in [0.5, 0.6) is 0 Å². The molecule has 1 aliphatic carbocycles. The molecule has 1 aromatic rings. The van der Waals surface area contributed by atoms with Crippen LogP contribution in [0.15, 0.2) is 29.2 Å². The van der Waals surface area contributed by atoms with Crippen LogP contribution in [0.3, 0.4) is 0 Å². The SMILES string of the molecule is C[C@H](NCC(O)c1ccc(S(C)(=O)=O)cc1)C1CCCC1. The first-order chi connectivity index (χ1) is 9.88. The van der Waals surface area contributed by atoms with E-state index in [0.717, 1.165) is 5.56 Å². The number of aliphatic hydroxyl groups is 1. The highest BCUT2D eigenvalue weighted by Crippen LogP contribution is 2.27. The normalized spacial score (nSPS) is 19.6. The fourth-order valence-electron chi connectivity index (χ4n) is 2.98. The van der Waals surface area contributed by atoms with Gasteiger partial charge in [-0.3, -0.25) is 0 Å². The molecule has 1 saturated carbocycles. The van der Waals surface area contributed by atoms with Crippen LogP contribution in [-0.4, -0.2) is 32.4 Å². The molecule has 0 aromatic heterocycles. The van der Waals surface area contributed by atoms with Gasteiger partial charge in [0, 0.05) is 18.8 Å². The van der Waals surface area contributed by atoms with E-state index >= 15 is 0 Å². The van der Waals surface area contributed by atoms with Crippen LogP contribution in [0.4, 0.5) is 0 Å². The predicted octanol–water partition coefficient (Wildman–Crippen LogP) is 2.29. The lowest BCUT2D eigenvalue weighted by Crippen LogP contribution is -2.35. The van der Waals surface area contributed by atoms with E-state index in [9.17, 15) is 13.5 Å². The highest BCUT2D eigenvalue weighted by molar-refractivity contribution is 7.90. The Kier molecular flexibility index (Phi) is 5.41. The monoisotopic (exact) mass is 311 g/mol. The van der Waals surface area contributed by atoms with Gasteiger partial charge in [-0.2, -0.15) is 0 Å². The van der Waals surface area contributed by atoms with Gasteiger partial charge in [0.25, 0.3) is 0 Å². The van der Waals surface area contributed by atoms with Crippen molar-refractivity contribution in [2.24, 2.45) is 5.92 Å². The molecule has 0 heterocycles. The summed E-state index contributed by atoms with van der Waals surface area (Å²) in [5, 5.41) is 13.6. The quantitative estimate of drug-likeness (QED) is 0.846. The van der Waals surface area contributed by atoms with E-state index in [1.807, 2.05) is 0 Å². The van der Waals surface area contributed by atoms with Crippen LogP contribution in [0, 0.1) is 5.92 Å². The van der Waals surface area contributed by atoms with Crippen molar-refractivity contribution in [3.8, 4) is 0 Å². The Balaban J connectivity index is 1.89. The smallest absolute Gasteiger partial charge is 0.175 e.